The minimum absolute atomic E-state index is 0.104. The second kappa shape index (κ2) is 8.74. The molecule has 0 unspecified atom stereocenters. The third kappa shape index (κ3) is 6.02. The largest absolute Gasteiger partial charge is 0.374 e. The first-order chi connectivity index (χ1) is 10.6. The number of anilines is 1. The molecule has 0 aliphatic heterocycles. The van der Waals surface area contributed by atoms with Crippen molar-refractivity contribution in [3.8, 4) is 0 Å². The number of rotatable bonds is 6. The van der Waals surface area contributed by atoms with Crippen molar-refractivity contribution < 1.29 is 9.59 Å². The molecule has 4 N–H and O–H groups in total. The molecule has 2 rings (SSSR count). The van der Waals surface area contributed by atoms with Gasteiger partial charge in [0.2, 0.25) is 11.0 Å². The number of nitrogens with zero attached hydrogens (tertiary/aromatic N) is 2. The molecule has 120 valence electrons. The summed E-state index contributed by atoms with van der Waals surface area (Å²) in [5.41, 5.74) is 6.84. The first-order valence-corrected chi connectivity index (χ1v) is 8.91. The second-order valence-electron chi connectivity index (χ2n) is 4.86. The van der Waals surface area contributed by atoms with Gasteiger partial charge < -0.3 is 11.1 Å². The summed E-state index contributed by atoms with van der Waals surface area (Å²) >= 11 is 2.41. The van der Waals surface area contributed by atoms with E-state index >= 15 is 0 Å². The highest BCUT2D eigenvalue weighted by molar-refractivity contribution is 8.01. The summed E-state index contributed by atoms with van der Waals surface area (Å²) in [6.07, 6.45) is 7.82. The van der Waals surface area contributed by atoms with Gasteiger partial charge in [-0.25, -0.2) is 4.79 Å². The van der Waals surface area contributed by atoms with Gasteiger partial charge in [0.05, 0.1) is 5.75 Å². The van der Waals surface area contributed by atoms with Gasteiger partial charge in [-0.05, 0) is 32.1 Å². The molecular weight excluding hydrogens is 322 g/mol. The molecule has 9 heteroatoms. The zero-order valence-corrected chi connectivity index (χ0v) is 13.8. The van der Waals surface area contributed by atoms with Crippen LogP contribution in [0.25, 0.3) is 0 Å². The fourth-order valence-corrected chi connectivity index (χ4v) is 3.52. The summed E-state index contributed by atoms with van der Waals surface area (Å²) in [5.74, 6) is -0.263. The maximum Gasteiger partial charge on any atom is 0.321 e. The van der Waals surface area contributed by atoms with Crippen molar-refractivity contribution in [2.45, 2.75) is 36.4 Å². The minimum atomic E-state index is -0.459. The quantitative estimate of drug-likeness (QED) is 0.539. The van der Waals surface area contributed by atoms with Crippen LogP contribution in [0.4, 0.5) is 9.93 Å². The highest BCUT2D eigenvalue weighted by Crippen LogP contribution is 2.23. The standard InChI is InChI=1S/C13H19N5O2S2/c14-11-17-18-13(22-11)21-8-10(19)16-12(20)15-7-6-9-4-2-1-3-5-9/h4H,1-3,5-8H2,(H2,14,17)(H2,15,16,19,20). The molecule has 0 radical (unpaired) electrons. The first-order valence-electron chi connectivity index (χ1n) is 7.11. The molecule has 1 aliphatic carbocycles. The fraction of sp³-hybridized carbons (Fsp3) is 0.538. The Morgan fingerprint density at radius 2 is 2.23 bits per heavy atom. The van der Waals surface area contributed by atoms with Gasteiger partial charge in [0.25, 0.3) is 0 Å². The lowest BCUT2D eigenvalue weighted by molar-refractivity contribution is -0.117. The van der Waals surface area contributed by atoms with E-state index in [1.807, 2.05) is 0 Å². The summed E-state index contributed by atoms with van der Waals surface area (Å²) in [4.78, 5) is 23.2. The number of urea groups is 1. The van der Waals surface area contributed by atoms with Crippen LogP contribution >= 0.6 is 23.1 Å². The lowest BCUT2D eigenvalue weighted by Gasteiger charge is -2.13. The van der Waals surface area contributed by atoms with Crippen LogP contribution < -0.4 is 16.4 Å². The van der Waals surface area contributed by atoms with Crippen LogP contribution in [-0.2, 0) is 4.79 Å². The van der Waals surface area contributed by atoms with E-state index < -0.39 is 6.03 Å². The molecular formula is C13H19N5O2S2. The van der Waals surface area contributed by atoms with Crippen LogP contribution in [0.2, 0.25) is 0 Å². The van der Waals surface area contributed by atoms with Gasteiger partial charge in [-0.1, -0.05) is 34.7 Å². The number of aromatic nitrogens is 2. The van der Waals surface area contributed by atoms with Crippen molar-refractivity contribution in [3.05, 3.63) is 11.6 Å². The van der Waals surface area contributed by atoms with E-state index in [1.165, 1.54) is 41.5 Å². The van der Waals surface area contributed by atoms with Crippen LogP contribution in [0, 0.1) is 0 Å². The zero-order chi connectivity index (χ0) is 15.8. The maximum atomic E-state index is 11.6. The molecule has 1 aromatic rings. The summed E-state index contributed by atoms with van der Waals surface area (Å²) < 4.78 is 0.609. The van der Waals surface area contributed by atoms with E-state index in [4.69, 9.17) is 5.73 Å². The van der Waals surface area contributed by atoms with Crippen LogP contribution in [0.15, 0.2) is 16.0 Å². The normalized spacial score (nSPS) is 14.3. The molecule has 1 heterocycles. The Kier molecular flexibility index (Phi) is 6.66. The Morgan fingerprint density at radius 3 is 2.91 bits per heavy atom. The van der Waals surface area contributed by atoms with Gasteiger partial charge >= 0.3 is 6.03 Å². The van der Waals surface area contributed by atoms with Crippen LogP contribution in [0.1, 0.15) is 32.1 Å². The van der Waals surface area contributed by atoms with E-state index in [0.717, 1.165) is 19.3 Å². The Balaban J connectivity index is 1.59. The van der Waals surface area contributed by atoms with Crippen molar-refractivity contribution in [2.75, 3.05) is 18.0 Å². The first kappa shape index (κ1) is 16.8. The third-order valence-corrected chi connectivity index (χ3v) is 5.00. The Labute approximate surface area is 137 Å². The zero-order valence-electron chi connectivity index (χ0n) is 12.1. The van der Waals surface area contributed by atoms with Crippen LogP contribution in [-0.4, -0.2) is 34.4 Å². The summed E-state index contributed by atoms with van der Waals surface area (Å²) in [6, 6.07) is -0.459. The van der Waals surface area contributed by atoms with E-state index in [0.29, 0.717) is 16.0 Å². The molecule has 0 atom stereocenters. The molecule has 0 spiro atoms. The molecule has 0 fully saturated rings. The van der Waals surface area contributed by atoms with E-state index in [9.17, 15) is 9.59 Å². The molecule has 0 aromatic carbocycles. The Morgan fingerprint density at radius 1 is 1.36 bits per heavy atom. The third-order valence-electron chi connectivity index (χ3n) is 3.12. The van der Waals surface area contributed by atoms with Gasteiger partial charge in [-0.3, -0.25) is 10.1 Å². The highest BCUT2D eigenvalue weighted by atomic mass is 32.2. The van der Waals surface area contributed by atoms with Gasteiger partial charge in [-0.15, -0.1) is 10.2 Å². The van der Waals surface area contributed by atoms with Crippen molar-refractivity contribution in [1.82, 2.24) is 20.8 Å². The topological polar surface area (TPSA) is 110 Å². The van der Waals surface area contributed by atoms with E-state index in [1.54, 1.807) is 0 Å². The number of carbonyl (C=O) groups is 2. The number of nitrogens with one attached hydrogen (secondary N) is 2. The number of allylic oxidation sites excluding steroid dienone is 1. The smallest absolute Gasteiger partial charge is 0.321 e. The van der Waals surface area contributed by atoms with Gasteiger partial charge in [0.15, 0.2) is 4.34 Å². The monoisotopic (exact) mass is 341 g/mol. The minimum Gasteiger partial charge on any atom is -0.374 e. The van der Waals surface area contributed by atoms with Crippen molar-refractivity contribution in [2.24, 2.45) is 0 Å². The molecule has 0 saturated heterocycles. The number of hydrogen-bond acceptors (Lipinski definition) is 7. The number of nitrogen functional groups attached to an aromatic ring is 1. The lowest BCUT2D eigenvalue weighted by Crippen LogP contribution is -2.40. The average molecular weight is 341 g/mol. The number of imide groups is 1. The Hall–Kier alpha value is -1.61. The van der Waals surface area contributed by atoms with Crippen molar-refractivity contribution >= 4 is 40.2 Å². The predicted molar refractivity (Wildman–Crippen MR) is 87.8 cm³/mol. The van der Waals surface area contributed by atoms with Crippen molar-refractivity contribution in [1.29, 1.82) is 0 Å². The second-order valence-corrected chi connectivity index (χ2v) is 7.09. The van der Waals surface area contributed by atoms with Gasteiger partial charge in [0, 0.05) is 6.54 Å². The molecule has 7 nitrogen and oxygen atoms in total. The molecule has 1 aliphatic rings. The predicted octanol–water partition coefficient (Wildman–Crippen LogP) is 1.93. The number of nitrogens with two attached hydrogens (primary N) is 1. The van der Waals surface area contributed by atoms with Gasteiger partial charge in [-0.2, -0.15) is 0 Å². The summed E-state index contributed by atoms with van der Waals surface area (Å²) in [6.45, 7) is 0.547. The average Bonchev–Trinajstić information content (AvgIpc) is 2.92. The van der Waals surface area contributed by atoms with E-state index in [2.05, 4.69) is 26.9 Å². The van der Waals surface area contributed by atoms with Gasteiger partial charge in [0.1, 0.15) is 0 Å². The number of hydrogen-bond donors (Lipinski definition) is 3. The summed E-state index contributed by atoms with van der Waals surface area (Å²) in [5, 5.41) is 12.8. The SMILES string of the molecule is Nc1nnc(SCC(=O)NC(=O)NCCC2=CCCCC2)s1. The molecule has 0 saturated carbocycles. The number of amides is 3. The number of thioether (sulfide) groups is 1. The summed E-state index contributed by atoms with van der Waals surface area (Å²) in [7, 11) is 0. The maximum absolute atomic E-state index is 11.6. The lowest BCUT2D eigenvalue weighted by atomic mass is 9.97. The highest BCUT2D eigenvalue weighted by Gasteiger charge is 2.10. The van der Waals surface area contributed by atoms with Crippen LogP contribution in [0.5, 0.6) is 0 Å². The van der Waals surface area contributed by atoms with E-state index in [-0.39, 0.29) is 11.7 Å². The molecule has 3 amide bonds. The van der Waals surface area contributed by atoms with Crippen LogP contribution in [0.3, 0.4) is 0 Å². The fourth-order valence-electron chi connectivity index (χ4n) is 2.08. The van der Waals surface area contributed by atoms with Crippen molar-refractivity contribution in [3.63, 3.8) is 0 Å². The number of carbonyl (C=O) groups excluding carboxylic acids is 2. The molecule has 22 heavy (non-hydrogen) atoms. The Bertz CT molecular complexity index is 558. The molecule has 0 bridgehead atoms. The molecule has 1 aromatic heterocycles.